The second-order valence-corrected chi connectivity index (χ2v) is 9.65. The summed E-state index contributed by atoms with van der Waals surface area (Å²) >= 11 is 5.68. The molecule has 1 heterocycles. The van der Waals surface area contributed by atoms with E-state index in [1.807, 2.05) is 0 Å². The van der Waals surface area contributed by atoms with Gasteiger partial charge in [0.25, 0.3) is 5.91 Å². The van der Waals surface area contributed by atoms with E-state index < -0.39 is 5.82 Å². The zero-order valence-electron chi connectivity index (χ0n) is 17.6. The first-order chi connectivity index (χ1) is 14.9. The Balaban J connectivity index is 1.17. The molecule has 4 aliphatic rings. The molecule has 2 aromatic rings. The molecular weight excluding hydrogens is 417 g/mol. The van der Waals surface area contributed by atoms with Crippen LogP contribution in [-0.4, -0.2) is 42.6 Å². The Morgan fingerprint density at radius 3 is 2.94 bits per heavy atom. The Morgan fingerprint density at radius 2 is 2.13 bits per heavy atom. The summed E-state index contributed by atoms with van der Waals surface area (Å²) in [5, 5.41) is 6.99. The van der Waals surface area contributed by atoms with E-state index in [1.54, 1.807) is 6.07 Å². The van der Waals surface area contributed by atoms with Gasteiger partial charge in [-0.1, -0.05) is 23.7 Å². The molecule has 2 N–H and O–H groups in total. The predicted molar refractivity (Wildman–Crippen MR) is 119 cm³/mol. The Kier molecular flexibility index (Phi) is 5.30. The maximum absolute atomic E-state index is 13.5. The lowest BCUT2D eigenvalue weighted by molar-refractivity contribution is -0.124. The Labute approximate surface area is 186 Å². The Bertz CT molecular complexity index is 1010. The van der Waals surface area contributed by atoms with Crippen LogP contribution in [0.15, 0.2) is 36.4 Å². The number of carbonyl (C=O) groups is 1. The number of benzene rings is 2. The molecule has 3 fully saturated rings. The van der Waals surface area contributed by atoms with Gasteiger partial charge in [0.05, 0.1) is 5.02 Å². The van der Waals surface area contributed by atoms with Crippen LogP contribution in [0, 0.1) is 11.7 Å². The summed E-state index contributed by atoms with van der Waals surface area (Å²) in [5.74, 6) is 0.0580. The van der Waals surface area contributed by atoms with Crippen LogP contribution >= 0.6 is 11.6 Å². The maximum atomic E-state index is 13.5. The first-order valence-corrected chi connectivity index (χ1v) is 11.2. The lowest BCUT2D eigenvalue weighted by Crippen LogP contribution is -2.44. The minimum absolute atomic E-state index is 0.0343. The Morgan fingerprint density at radius 1 is 1.29 bits per heavy atom. The van der Waals surface area contributed by atoms with Crippen molar-refractivity contribution in [2.75, 3.05) is 25.5 Å². The molecule has 164 valence electrons. The van der Waals surface area contributed by atoms with Crippen LogP contribution in [0.1, 0.15) is 30.4 Å². The number of anilines is 1. The molecule has 0 aromatic heterocycles. The van der Waals surface area contributed by atoms with Crippen molar-refractivity contribution in [1.82, 2.24) is 10.2 Å². The molecule has 2 aromatic carbocycles. The molecule has 2 bridgehead atoms. The van der Waals surface area contributed by atoms with Crippen molar-refractivity contribution in [2.24, 2.45) is 5.92 Å². The molecule has 3 aliphatic carbocycles. The minimum Gasteiger partial charge on any atom is -0.484 e. The molecule has 31 heavy (non-hydrogen) atoms. The topological polar surface area (TPSA) is 53.6 Å². The van der Waals surface area contributed by atoms with Gasteiger partial charge in [0.1, 0.15) is 11.6 Å². The van der Waals surface area contributed by atoms with Crippen molar-refractivity contribution in [3.8, 4) is 5.75 Å². The lowest BCUT2D eigenvalue weighted by atomic mass is 9.76. The zero-order valence-corrected chi connectivity index (χ0v) is 18.3. The van der Waals surface area contributed by atoms with Crippen LogP contribution in [-0.2, 0) is 17.8 Å². The number of fused-ring (bicyclic) bond motifs is 2. The number of rotatable bonds is 6. The number of halogens is 2. The third-order valence-electron chi connectivity index (χ3n) is 6.95. The number of likely N-dealkylation sites (N-methyl/N-ethyl adjacent to an activating group) is 1. The van der Waals surface area contributed by atoms with Gasteiger partial charge in [-0.3, -0.25) is 4.79 Å². The fraction of sp³-hybridized carbons (Fsp3) is 0.458. The highest BCUT2D eigenvalue weighted by atomic mass is 35.5. The van der Waals surface area contributed by atoms with Crippen molar-refractivity contribution in [1.29, 1.82) is 0 Å². The van der Waals surface area contributed by atoms with E-state index in [-0.39, 0.29) is 29.1 Å². The SMILES string of the molecule is CN1CCc2c(cccc2NC23CC(C2)[C@@H](NC(=O)COc2ccc(Cl)c(F)c2)C3)C1. The molecule has 1 atom stereocenters. The van der Waals surface area contributed by atoms with Crippen molar-refractivity contribution in [3.63, 3.8) is 0 Å². The van der Waals surface area contributed by atoms with Crippen LogP contribution in [0.3, 0.4) is 0 Å². The third-order valence-corrected chi connectivity index (χ3v) is 7.26. The lowest BCUT2D eigenvalue weighted by Gasteiger charge is -2.41. The second kappa shape index (κ2) is 7.99. The van der Waals surface area contributed by atoms with Gasteiger partial charge in [-0.05, 0) is 68.0 Å². The number of nitrogens with one attached hydrogen (secondary N) is 2. The second-order valence-electron chi connectivity index (χ2n) is 9.25. The van der Waals surface area contributed by atoms with Crippen molar-refractivity contribution in [2.45, 2.75) is 43.8 Å². The molecule has 0 spiro atoms. The summed E-state index contributed by atoms with van der Waals surface area (Å²) in [6.07, 6.45) is 4.13. The minimum atomic E-state index is -0.557. The number of amides is 1. The van der Waals surface area contributed by atoms with Gasteiger partial charge < -0.3 is 20.3 Å². The van der Waals surface area contributed by atoms with E-state index in [0.29, 0.717) is 11.7 Å². The molecule has 0 radical (unpaired) electrons. The van der Waals surface area contributed by atoms with E-state index in [9.17, 15) is 9.18 Å². The van der Waals surface area contributed by atoms with Gasteiger partial charge in [0, 0.05) is 36.4 Å². The van der Waals surface area contributed by atoms with Crippen LogP contribution in [0.4, 0.5) is 10.1 Å². The summed E-state index contributed by atoms with van der Waals surface area (Å²) in [5.41, 5.74) is 4.17. The highest BCUT2D eigenvalue weighted by Gasteiger charge is 2.56. The van der Waals surface area contributed by atoms with Gasteiger partial charge in [-0.15, -0.1) is 0 Å². The number of hydrogen-bond acceptors (Lipinski definition) is 4. The highest BCUT2D eigenvalue weighted by Crippen LogP contribution is 2.54. The zero-order chi connectivity index (χ0) is 21.6. The van der Waals surface area contributed by atoms with E-state index in [4.69, 9.17) is 16.3 Å². The molecular formula is C24H27ClFN3O2. The number of ether oxygens (including phenoxy) is 1. The monoisotopic (exact) mass is 443 g/mol. The van der Waals surface area contributed by atoms with Crippen LogP contribution in [0.2, 0.25) is 5.02 Å². The third kappa shape index (κ3) is 4.11. The molecule has 6 rings (SSSR count). The molecule has 1 amide bonds. The van der Waals surface area contributed by atoms with E-state index in [2.05, 4.69) is 40.8 Å². The quantitative estimate of drug-likeness (QED) is 0.708. The number of carbonyl (C=O) groups excluding carboxylic acids is 1. The average molecular weight is 444 g/mol. The number of hydrogen-bond donors (Lipinski definition) is 2. The van der Waals surface area contributed by atoms with Crippen LogP contribution in [0.5, 0.6) is 5.75 Å². The normalized spacial score (nSPS) is 26.7. The molecule has 1 aliphatic heterocycles. The van der Waals surface area contributed by atoms with Gasteiger partial charge in [-0.25, -0.2) is 4.39 Å². The van der Waals surface area contributed by atoms with Crippen molar-refractivity contribution in [3.05, 3.63) is 58.4 Å². The molecule has 0 saturated heterocycles. The van der Waals surface area contributed by atoms with E-state index in [1.165, 1.54) is 28.9 Å². The first kappa shape index (κ1) is 20.6. The van der Waals surface area contributed by atoms with Gasteiger partial charge in [-0.2, -0.15) is 0 Å². The fourth-order valence-electron chi connectivity index (χ4n) is 5.42. The van der Waals surface area contributed by atoms with Gasteiger partial charge in [0.15, 0.2) is 6.61 Å². The van der Waals surface area contributed by atoms with Crippen LogP contribution in [0.25, 0.3) is 0 Å². The van der Waals surface area contributed by atoms with E-state index >= 15 is 0 Å². The molecule has 3 saturated carbocycles. The summed E-state index contributed by atoms with van der Waals surface area (Å²) in [4.78, 5) is 14.7. The van der Waals surface area contributed by atoms with E-state index in [0.717, 1.165) is 38.8 Å². The maximum Gasteiger partial charge on any atom is 0.258 e. The van der Waals surface area contributed by atoms with Crippen molar-refractivity contribution >= 4 is 23.2 Å². The Hall–Kier alpha value is -2.31. The predicted octanol–water partition coefficient (Wildman–Crippen LogP) is 4.00. The summed E-state index contributed by atoms with van der Waals surface area (Å²) in [6.45, 7) is 1.94. The highest BCUT2D eigenvalue weighted by molar-refractivity contribution is 6.30. The summed E-state index contributed by atoms with van der Waals surface area (Å²) in [7, 11) is 2.16. The summed E-state index contributed by atoms with van der Waals surface area (Å²) in [6, 6.07) is 10.9. The summed E-state index contributed by atoms with van der Waals surface area (Å²) < 4.78 is 18.9. The molecule has 7 heteroatoms. The largest absolute Gasteiger partial charge is 0.484 e. The smallest absolute Gasteiger partial charge is 0.258 e. The first-order valence-electron chi connectivity index (χ1n) is 10.9. The van der Waals surface area contributed by atoms with Crippen LogP contribution < -0.4 is 15.4 Å². The van der Waals surface area contributed by atoms with Crippen molar-refractivity contribution < 1.29 is 13.9 Å². The van der Waals surface area contributed by atoms with Gasteiger partial charge >= 0.3 is 0 Å². The van der Waals surface area contributed by atoms with Gasteiger partial charge in [0.2, 0.25) is 0 Å². The number of nitrogens with zero attached hydrogens (tertiary/aromatic N) is 1. The molecule has 0 unspecified atom stereocenters. The molecule has 5 nitrogen and oxygen atoms in total. The fourth-order valence-corrected chi connectivity index (χ4v) is 5.54. The standard InChI is InChI=1S/C24H27ClFN3O2/c1-29-8-7-18-15(13-29)3-2-4-21(18)28-24-10-16(11-24)22(12-24)27-23(30)14-31-17-5-6-19(25)20(26)9-17/h2-6,9,16,22,28H,7-8,10-14H2,1H3,(H,27,30)/t16?,22-,24?/m0/s1. The average Bonchev–Trinajstić information content (AvgIpc) is 3.22.